The molecule has 0 spiro atoms. The highest BCUT2D eigenvalue weighted by atomic mass is 16.3. The third-order valence-corrected chi connectivity index (χ3v) is 4.52. The molecule has 1 atom stereocenters. The molecular formula is C16H22N2O2. The van der Waals surface area contributed by atoms with E-state index in [1.54, 1.807) is 0 Å². The average molecular weight is 274 g/mol. The standard InChI is InChI=1S/C16H22N2O2/c19-12-15-14-5-2-1-4-13(14)7-9-17(15)10-11-18-8-3-6-16(18)20/h1-2,4-5,15,19H,3,6-12H2. The van der Waals surface area contributed by atoms with Crippen molar-refractivity contribution in [1.82, 2.24) is 9.80 Å². The van der Waals surface area contributed by atoms with Crippen molar-refractivity contribution >= 4 is 5.91 Å². The van der Waals surface area contributed by atoms with Crippen molar-refractivity contribution < 1.29 is 9.90 Å². The third kappa shape index (κ3) is 2.58. The molecular weight excluding hydrogens is 252 g/mol. The molecule has 2 aliphatic heterocycles. The van der Waals surface area contributed by atoms with Gasteiger partial charge in [-0.3, -0.25) is 9.69 Å². The molecule has 2 heterocycles. The van der Waals surface area contributed by atoms with Crippen molar-refractivity contribution in [2.24, 2.45) is 0 Å². The fourth-order valence-corrected chi connectivity index (χ4v) is 3.37. The Morgan fingerprint density at radius 2 is 2.00 bits per heavy atom. The molecule has 1 aromatic rings. The summed E-state index contributed by atoms with van der Waals surface area (Å²) in [6.45, 7) is 3.64. The van der Waals surface area contributed by atoms with E-state index in [1.165, 1.54) is 11.1 Å². The monoisotopic (exact) mass is 274 g/mol. The van der Waals surface area contributed by atoms with E-state index in [4.69, 9.17) is 0 Å². The maximum atomic E-state index is 11.7. The molecule has 0 radical (unpaired) electrons. The summed E-state index contributed by atoms with van der Waals surface area (Å²) < 4.78 is 0. The van der Waals surface area contributed by atoms with Gasteiger partial charge in [-0.05, 0) is 24.0 Å². The highest BCUT2D eigenvalue weighted by molar-refractivity contribution is 5.78. The van der Waals surface area contributed by atoms with Crippen LogP contribution in [0.1, 0.15) is 30.0 Å². The Balaban J connectivity index is 1.67. The van der Waals surface area contributed by atoms with E-state index in [0.29, 0.717) is 6.42 Å². The third-order valence-electron chi connectivity index (χ3n) is 4.52. The Labute approximate surface area is 120 Å². The molecule has 0 bridgehead atoms. The van der Waals surface area contributed by atoms with Crippen LogP contribution >= 0.6 is 0 Å². The summed E-state index contributed by atoms with van der Waals surface area (Å²) in [5.41, 5.74) is 2.59. The molecule has 3 rings (SSSR count). The van der Waals surface area contributed by atoms with Crippen LogP contribution in [0, 0.1) is 0 Å². The lowest BCUT2D eigenvalue weighted by molar-refractivity contribution is -0.128. The number of benzene rings is 1. The number of carbonyl (C=O) groups excluding carboxylic acids is 1. The van der Waals surface area contributed by atoms with Crippen LogP contribution in [0.3, 0.4) is 0 Å². The number of hydrogen-bond donors (Lipinski definition) is 1. The van der Waals surface area contributed by atoms with Crippen molar-refractivity contribution in [3.8, 4) is 0 Å². The van der Waals surface area contributed by atoms with E-state index in [0.717, 1.165) is 39.0 Å². The zero-order valence-corrected chi connectivity index (χ0v) is 11.8. The molecule has 108 valence electrons. The number of nitrogens with zero attached hydrogens (tertiary/aromatic N) is 2. The summed E-state index contributed by atoms with van der Waals surface area (Å²) >= 11 is 0. The van der Waals surface area contributed by atoms with Crippen molar-refractivity contribution in [2.45, 2.75) is 25.3 Å². The van der Waals surface area contributed by atoms with E-state index < -0.39 is 0 Å². The first-order valence-electron chi connectivity index (χ1n) is 7.50. The maximum absolute atomic E-state index is 11.7. The van der Waals surface area contributed by atoms with Crippen LogP contribution < -0.4 is 0 Å². The van der Waals surface area contributed by atoms with E-state index in [2.05, 4.69) is 23.1 Å². The lowest BCUT2D eigenvalue weighted by Crippen LogP contribution is -2.42. The number of rotatable bonds is 4. The number of fused-ring (bicyclic) bond motifs is 1. The largest absolute Gasteiger partial charge is 0.394 e. The number of aliphatic hydroxyl groups is 1. The molecule has 1 unspecified atom stereocenters. The molecule has 0 aromatic heterocycles. The quantitative estimate of drug-likeness (QED) is 0.897. The van der Waals surface area contributed by atoms with Gasteiger partial charge in [0, 0.05) is 32.6 Å². The van der Waals surface area contributed by atoms with Crippen LogP contribution in [-0.4, -0.2) is 53.6 Å². The highest BCUT2D eigenvalue weighted by Gasteiger charge is 2.27. The van der Waals surface area contributed by atoms with Gasteiger partial charge in [0.25, 0.3) is 0 Å². The van der Waals surface area contributed by atoms with Crippen LogP contribution in [0.2, 0.25) is 0 Å². The Bertz CT molecular complexity index is 489. The highest BCUT2D eigenvalue weighted by Crippen LogP contribution is 2.29. The van der Waals surface area contributed by atoms with Crippen LogP contribution in [0.5, 0.6) is 0 Å². The SMILES string of the molecule is O=C1CCCN1CCN1CCc2ccccc2C1CO. The van der Waals surface area contributed by atoms with Crippen LogP contribution in [-0.2, 0) is 11.2 Å². The van der Waals surface area contributed by atoms with Gasteiger partial charge >= 0.3 is 0 Å². The topological polar surface area (TPSA) is 43.8 Å². The van der Waals surface area contributed by atoms with Gasteiger partial charge in [-0.25, -0.2) is 0 Å². The van der Waals surface area contributed by atoms with Gasteiger partial charge in [-0.2, -0.15) is 0 Å². The second-order valence-corrected chi connectivity index (χ2v) is 5.67. The summed E-state index contributed by atoms with van der Waals surface area (Å²) in [7, 11) is 0. The van der Waals surface area contributed by atoms with Gasteiger partial charge in [-0.1, -0.05) is 24.3 Å². The van der Waals surface area contributed by atoms with E-state index in [9.17, 15) is 9.90 Å². The Morgan fingerprint density at radius 1 is 1.15 bits per heavy atom. The first-order chi connectivity index (χ1) is 9.79. The van der Waals surface area contributed by atoms with Gasteiger partial charge in [0.1, 0.15) is 0 Å². The maximum Gasteiger partial charge on any atom is 0.222 e. The molecule has 1 aromatic carbocycles. The molecule has 0 saturated carbocycles. The molecule has 1 N–H and O–H groups in total. The van der Waals surface area contributed by atoms with E-state index in [1.807, 2.05) is 11.0 Å². The predicted octanol–water partition coefficient (Wildman–Crippen LogP) is 1.20. The number of hydrogen-bond acceptors (Lipinski definition) is 3. The summed E-state index contributed by atoms with van der Waals surface area (Å²) in [6.07, 6.45) is 2.72. The van der Waals surface area contributed by atoms with E-state index >= 15 is 0 Å². The minimum atomic E-state index is 0.0812. The van der Waals surface area contributed by atoms with Crippen molar-refractivity contribution in [1.29, 1.82) is 0 Å². The number of aliphatic hydroxyl groups excluding tert-OH is 1. The number of carbonyl (C=O) groups is 1. The molecule has 2 aliphatic rings. The van der Waals surface area contributed by atoms with Gasteiger partial charge in [-0.15, -0.1) is 0 Å². The zero-order valence-electron chi connectivity index (χ0n) is 11.8. The molecule has 1 fully saturated rings. The fourth-order valence-electron chi connectivity index (χ4n) is 3.37. The lowest BCUT2D eigenvalue weighted by Gasteiger charge is -2.37. The summed E-state index contributed by atoms with van der Waals surface area (Å²) in [6, 6.07) is 8.45. The number of amides is 1. The zero-order chi connectivity index (χ0) is 13.9. The van der Waals surface area contributed by atoms with Gasteiger partial charge in [0.05, 0.1) is 12.6 Å². The summed E-state index contributed by atoms with van der Waals surface area (Å²) in [5, 5.41) is 9.73. The number of likely N-dealkylation sites (tertiary alicyclic amines) is 1. The van der Waals surface area contributed by atoms with Gasteiger partial charge in [0.15, 0.2) is 0 Å². The first-order valence-corrected chi connectivity index (χ1v) is 7.50. The fraction of sp³-hybridized carbons (Fsp3) is 0.562. The van der Waals surface area contributed by atoms with Crippen molar-refractivity contribution in [2.75, 3.05) is 32.8 Å². The first kappa shape index (κ1) is 13.6. The molecule has 20 heavy (non-hydrogen) atoms. The predicted molar refractivity (Wildman–Crippen MR) is 77.4 cm³/mol. The van der Waals surface area contributed by atoms with Crippen LogP contribution in [0.15, 0.2) is 24.3 Å². The normalized spacial score (nSPS) is 23.1. The summed E-state index contributed by atoms with van der Waals surface area (Å²) in [4.78, 5) is 15.9. The smallest absolute Gasteiger partial charge is 0.222 e. The molecule has 1 saturated heterocycles. The Kier molecular flexibility index (Phi) is 4.03. The molecule has 4 nitrogen and oxygen atoms in total. The van der Waals surface area contributed by atoms with Crippen LogP contribution in [0.25, 0.3) is 0 Å². The molecule has 1 amide bonds. The molecule has 0 aliphatic carbocycles. The lowest BCUT2D eigenvalue weighted by atomic mass is 9.93. The van der Waals surface area contributed by atoms with Gasteiger partial charge < -0.3 is 10.0 Å². The second kappa shape index (κ2) is 5.94. The van der Waals surface area contributed by atoms with Crippen molar-refractivity contribution in [3.63, 3.8) is 0 Å². The summed E-state index contributed by atoms with van der Waals surface area (Å²) in [5.74, 6) is 0.281. The van der Waals surface area contributed by atoms with E-state index in [-0.39, 0.29) is 18.6 Å². The molecule has 4 heteroatoms. The minimum absolute atomic E-state index is 0.0812. The average Bonchev–Trinajstić information content (AvgIpc) is 2.89. The Morgan fingerprint density at radius 3 is 2.75 bits per heavy atom. The van der Waals surface area contributed by atoms with Crippen molar-refractivity contribution in [3.05, 3.63) is 35.4 Å². The second-order valence-electron chi connectivity index (χ2n) is 5.67. The minimum Gasteiger partial charge on any atom is -0.394 e. The van der Waals surface area contributed by atoms with Gasteiger partial charge in [0.2, 0.25) is 5.91 Å². The Hall–Kier alpha value is -1.39. The van der Waals surface area contributed by atoms with Crippen LogP contribution in [0.4, 0.5) is 0 Å².